The van der Waals surface area contributed by atoms with Crippen molar-refractivity contribution >= 4 is 27.6 Å². The van der Waals surface area contributed by atoms with E-state index in [0.717, 1.165) is 12.8 Å². The maximum atomic E-state index is 12.2. The standard InChI is InChI=1S/C15H20N2O6S/c1-2-22-15(19)14(18)17-11-5-7-13(8-6-11)24(20,21)16-10-12-4-3-9-23-12/h5-8,12,16H,2-4,9-10H2,1H3,(H,17,18)/t12-/m1/s1. The van der Waals surface area contributed by atoms with Gasteiger partial charge in [0.1, 0.15) is 0 Å². The number of rotatable bonds is 6. The molecule has 1 fully saturated rings. The van der Waals surface area contributed by atoms with Gasteiger partial charge in [0.25, 0.3) is 0 Å². The molecule has 2 rings (SSSR count). The zero-order valence-corrected chi connectivity index (χ0v) is 14.1. The fourth-order valence-corrected chi connectivity index (χ4v) is 3.25. The molecule has 132 valence electrons. The van der Waals surface area contributed by atoms with Gasteiger partial charge < -0.3 is 14.8 Å². The summed E-state index contributed by atoms with van der Waals surface area (Å²) in [4.78, 5) is 22.8. The van der Waals surface area contributed by atoms with E-state index in [0.29, 0.717) is 12.3 Å². The average molecular weight is 356 g/mol. The summed E-state index contributed by atoms with van der Waals surface area (Å²) in [6, 6.07) is 5.49. The molecule has 0 radical (unpaired) electrons. The molecule has 0 saturated carbocycles. The maximum Gasteiger partial charge on any atom is 0.397 e. The van der Waals surface area contributed by atoms with Crippen LogP contribution in [0, 0.1) is 0 Å². The van der Waals surface area contributed by atoms with Crippen molar-refractivity contribution < 1.29 is 27.5 Å². The SMILES string of the molecule is CCOC(=O)C(=O)Nc1ccc(S(=O)(=O)NC[C@H]2CCCO2)cc1. The summed E-state index contributed by atoms with van der Waals surface area (Å²) in [5.74, 6) is -1.91. The molecule has 0 spiro atoms. The second kappa shape index (κ2) is 8.22. The Morgan fingerprint density at radius 2 is 2.00 bits per heavy atom. The Morgan fingerprint density at radius 1 is 1.29 bits per heavy atom. The lowest BCUT2D eigenvalue weighted by Gasteiger charge is -2.12. The third-order valence-corrected chi connectivity index (χ3v) is 4.85. The van der Waals surface area contributed by atoms with Gasteiger partial charge in [-0.3, -0.25) is 4.79 Å². The largest absolute Gasteiger partial charge is 0.459 e. The summed E-state index contributed by atoms with van der Waals surface area (Å²) < 4.78 is 36.8. The molecule has 9 heteroatoms. The van der Waals surface area contributed by atoms with Crippen molar-refractivity contribution in [3.8, 4) is 0 Å². The Kier molecular flexibility index (Phi) is 6.29. The van der Waals surface area contributed by atoms with Crippen molar-refractivity contribution in [2.75, 3.05) is 25.1 Å². The molecule has 0 bridgehead atoms. The number of hydrogen-bond acceptors (Lipinski definition) is 6. The van der Waals surface area contributed by atoms with Crippen LogP contribution in [0.5, 0.6) is 0 Å². The minimum atomic E-state index is -3.65. The van der Waals surface area contributed by atoms with E-state index in [1.54, 1.807) is 6.92 Å². The van der Waals surface area contributed by atoms with Crippen LogP contribution in [0.25, 0.3) is 0 Å². The third-order valence-electron chi connectivity index (χ3n) is 3.41. The fraction of sp³-hybridized carbons (Fsp3) is 0.467. The number of ether oxygens (including phenoxy) is 2. The molecular weight excluding hydrogens is 336 g/mol. The highest BCUT2D eigenvalue weighted by Crippen LogP contribution is 2.16. The molecule has 8 nitrogen and oxygen atoms in total. The highest BCUT2D eigenvalue weighted by molar-refractivity contribution is 7.89. The fourth-order valence-electron chi connectivity index (χ4n) is 2.19. The number of sulfonamides is 1. The molecule has 1 atom stereocenters. The van der Waals surface area contributed by atoms with Crippen molar-refractivity contribution in [1.82, 2.24) is 4.72 Å². The molecule has 0 aromatic heterocycles. The molecule has 0 aliphatic carbocycles. The van der Waals surface area contributed by atoms with Crippen LogP contribution in [-0.2, 0) is 29.1 Å². The summed E-state index contributed by atoms with van der Waals surface area (Å²) >= 11 is 0. The second-order valence-corrected chi connectivity index (χ2v) is 6.95. The van der Waals surface area contributed by atoms with Crippen molar-refractivity contribution in [2.45, 2.75) is 30.8 Å². The minimum Gasteiger partial charge on any atom is -0.459 e. The van der Waals surface area contributed by atoms with E-state index in [2.05, 4.69) is 14.8 Å². The van der Waals surface area contributed by atoms with Gasteiger partial charge in [0, 0.05) is 18.8 Å². The van der Waals surface area contributed by atoms with Crippen LogP contribution in [0.3, 0.4) is 0 Å². The van der Waals surface area contributed by atoms with E-state index in [1.807, 2.05) is 0 Å². The lowest BCUT2D eigenvalue weighted by Crippen LogP contribution is -2.31. The first kappa shape index (κ1) is 18.4. The first-order valence-corrected chi connectivity index (χ1v) is 9.10. The van der Waals surface area contributed by atoms with E-state index >= 15 is 0 Å². The molecule has 2 N–H and O–H groups in total. The number of benzene rings is 1. The number of esters is 1. The number of amides is 1. The van der Waals surface area contributed by atoms with Crippen LogP contribution in [-0.4, -0.2) is 46.2 Å². The van der Waals surface area contributed by atoms with Crippen LogP contribution in [0.15, 0.2) is 29.2 Å². The predicted octanol–water partition coefficient (Wildman–Crippen LogP) is 0.645. The number of hydrogen-bond donors (Lipinski definition) is 2. The van der Waals surface area contributed by atoms with Crippen molar-refractivity contribution in [2.24, 2.45) is 0 Å². The van der Waals surface area contributed by atoms with Crippen LogP contribution in [0.2, 0.25) is 0 Å². The van der Waals surface area contributed by atoms with Crippen LogP contribution in [0.4, 0.5) is 5.69 Å². The Morgan fingerprint density at radius 3 is 2.58 bits per heavy atom. The second-order valence-electron chi connectivity index (χ2n) is 5.19. The Hall–Kier alpha value is -1.97. The molecule has 24 heavy (non-hydrogen) atoms. The van der Waals surface area contributed by atoms with Gasteiger partial charge in [0.15, 0.2) is 0 Å². The van der Waals surface area contributed by atoms with E-state index in [1.165, 1.54) is 24.3 Å². The normalized spacial score (nSPS) is 17.5. The van der Waals surface area contributed by atoms with Gasteiger partial charge in [-0.15, -0.1) is 0 Å². The summed E-state index contributed by atoms with van der Waals surface area (Å²) in [5.41, 5.74) is 0.297. The topological polar surface area (TPSA) is 111 Å². The lowest BCUT2D eigenvalue weighted by molar-refractivity contribution is -0.152. The van der Waals surface area contributed by atoms with Crippen LogP contribution < -0.4 is 10.0 Å². The highest BCUT2D eigenvalue weighted by Gasteiger charge is 2.20. The van der Waals surface area contributed by atoms with Crippen molar-refractivity contribution in [1.29, 1.82) is 0 Å². The van der Waals surface area contributed by atoms with Gasteiger partial charge in [0.2, 0.25) is 10.0 Å². The maximum absolute atomic E-state index is 12.2. The smallest absolute Gasteiger partial charge is 0.397 e. The van der Waals surface area contributed by atoms with E-state index in [4.69, 9.17) is 4.74 Å². The number of nitrogens with one attached hydrogen (secondary N) is 2. The van der Waals surface area contributed by atoms with Gasteiger partial charge in [-0.1, -0.05) is 0 Å². The van der Waals surface area contributed by atoms with Crippen molar-refractivity contribution in [3.05, 3.63) is 24.3 Å². The zero-order valence-electron chi connectivity index (χ0n) is 13.3. The zero-order chi connectivity index (χ0) is 17.6. The molecule has 1 aliphatic rings. The third kappa shape index (κ3) is 5.02. The molecule has 0 unspecified atom stereocenters. The number of carbonyl (C=O) groups is 2. The Balaban J connectivity index is 1.94. The first-order chi connectivity index (χ1) is 11.4. The molecule has 1 aromatic rings. The molecule has 1 heterocycles. The van der Waals surface area contributed by atoms with Gasteiger partial charge >= 0.3 is 11.9 Å². The lowest BCUT2D eigenvalue weighted by atomic mass is 10.2. The van der Waals surface area contributed by atoms with Gasteiger partial charge in [-0.25, -0.2) is 17.9 Å². The Bertz CT molecular complexity index is 680. The van der Waals surface area contributed by atoms with Crippen LogP contribution >= 0.6 is 0 Å². The van der Waals surface area contributed by atoms with Crippen LogP contribution in [0.1, 0.15) is 19.8 Å². The molecular formula is C15H20N2O6S. The summed E-state index contributed by atoms with van der Waals surface area (Å²) in [6.45, 7) is 2.57. The van der Waals surface area contributed by atoms with E-state index in [9.17, 15) is 18.0 Å². The van der Waals surface area contributed by atoms with Crippen molar-refractivity contribution in [3.63, 3.8) is 0 Å². The van der Waals surface area contributed by atoms with Gasteiger partial charge in [-0.05, 0) is 44.0 Å². The molecule has 1 amide bonds. The average Bonchev–Trinajstić information content (AvgIpc) is 3.07. The highest BCUT2D eigenvalue weighted by atomic mass is 32.2. The van der Waals surface area contributed by atoms with Gasteiger partial charge in [0.05, 0.1) is 17.6 Å². The summed E-state index contributed by atoms with van der Waals surface area (Å²) in [6.07, 6.45) is 1.67. The minimum absolute atomic E-state index is 0.0645. The van der Waals surface area contributed by atoms with Gasteiger partial charge in [-0.2, -0.15) is 0 Å². The quantitative estimate of drug-likeness (QED) is 0.572. The molecule has 1 saturated heterocycles. The molecule has 1 aromatic carbocycles. The monoisotopic (exact) mass is 356 g/mol. The predicted molar refractivity (Wildman–Crippen MR) is 85.9 cm³/mol. The first-order valence-electron chi connectivity index (χ1n) is 7.62. The van der Waals surface area contributed by atoms with E-state index < -0.39 is 21.9 Å². The Labute approximate surface area is 140 Å². The summed E-state index contributed by atoms with van der Waals surface area (Å²) in [7, 11) is -3.65. The summed E-state index contributed by atoms with van der Waals surface area (Å²) in [5, 5.41) is 2.33. The molecule has 1 aliphatic heterocycles. The number of carbonyl (C=O) groups excluding carboxylic acids is 2. The van der Waals surface area contributed by atoms with E-state index in [-0.39, 0.29) is 24.2 Å². The number of anilines is 1.